The van der Waals surface area contributed by atoms with Crippen LogP contribution in [-0.2, 0) is 0 Å². The van der Waals surface area contributed by atoms with Crippen LogP contribution in [0, 0.1) is 0 Å². The van der Waals surface area contributed by atoms with E-state index in [1.807, 2.05) is 26.0 Å². The summed E-state index contributed by atoms with van der Waals surface area (Å²) in [6.45, 7) is 0. The lowest BCUT2D eigenvalue weighted by molar-refractivity contribution is 0.643. The van der Waals surface area contributed by atoms with Gasteiger partial charge >= 0.3 is 0 Å². The Bertz CT molecular complexity index is 105. The first-order valence-corrected chi connectivity index (χ1v) is 2.79. The first-order chi connectivity index (χ1) is 4.27. The van der Waals surface area contributed by atoms with Crippen LogP contribution in [0.3, 0.4) is 0 Å². The molecule has 3 heteroatoms. The lowest BCUT2D eigenvalue weighted by atomic mass is 10.8. The van der Waals surface area contributed by atoms with Crippen LogP contribution in [0.4, 0.5) is 0 Å². The summed E-state index contributed by atoms with van der Waals surface area (Å²) in [5.74, 6) is 0. The molecule has 0 bridgehead atoms. The number of rotatable bonds is 3. The molecule has 0 spiro atoms. The van der Waals surface area contributed by atoms with Crippen molar-refractivity contribution >= 4 is 6.34 Å². The van der Waals surface area contributed by atoms with E-state index in [-0.39, 0.29) is 0 Å². The highest BCUT2D eigenvalue weighted by Crippen LogP contribution is 1.70. The third-order valence-corrected chi connectivity index (χ3v) is 0.625. The van der Waals surface area contributed by atoms with Crippen LogP contribution in [0.5, 0.6) is 0 Å². The summed E-state index contributed by atoms with van der Waals surface area (Å²) in [7, 11) is 5.69. The molecule has 0 saturated carbocycles. The molecule has 0 radical (unpaired) electrons. The first kappa shape index (κ1) is 8.01. The molecular weight excluding hydrogens is 114 g/mol. The monoisotopic (exact) mass is 127 g/mol. The van der Waals surface area contributed by atoms with E-state index >= 15 is 0 Å². The van der Waals surface area contributed by atoms with Crippen molar-refractivity contribution in [2.24, 2.45) is 4.99 Å². The molecule has 9 heavy (non-hydrogen) atoms. The number of aliphatic imine (C=N–C) groups is 1. The zero-order chi connectivity index (χ0) is 7.11. The highest BCUT2D eigenvalue weighted by molar-refractivity contribution is 5.54. The molecule has 0 aliphatic rings. The Labute approximate surface area is 56.1 Å². The molecule has 0 atom stereocenters. The summed E-state index contributed by atoms with van der Waals surface area (Å²) >= 11 is 0. The Kier molecular flexibility index (Phi) is 4.59. The fourth-order valence-corrected chi connectivity index (χ4v) is 0.289. The largest absolute Gasteiger partial charge is 0.393 e. The average molecular weight is 127 g/mol. The highest BCUT2D eigenvalue weighted by Gasteiger charge is 1.70. The summed E-state index contributed by atoms with van der Waals surface area (Å²) in [5.41, 5.74) is 0. The minimum absolute atomic E-state index is 1.69. The Morgan fingerprint density at radius 1 is 1.44 bits per heavy atom. The summed E-state index contributed by atoms with van der Waals surface area (Å²) in [4.78, 5) is 5.79. The Morgan fingerprint density at radius 3 is 2.56 bits per heavy atom. The van der Waals surface area contributed by atoms with Crippen molar-refractivity contribution in [1.82, 2.24) is 10.2 Å². The van der Waals surface area contributed by atoms with E-state index in [0.717, 1.165) is 0 Å². The quantitative estimate of drug-likeness (QED) is 0.435. The third-order valence-electron chi connectivity index (χ3n) is 0.625. The molecule has 3 nitrogen and oxygen atoms in total. The normalized spacial score (nSPS) is 11.0. The van der Waals surface area contributed by atoms with Crippen molar-refractivity contribution in [2.45, 2.75) is 0 Å². The van der Waals surface area contributed by atoms with E-state index in [4.69, 9.17) is 0 Å². The van der Waals surface area contributed by atoms with E-state index in [9.17, 15) is 0 Å². The van der Waals surface area contributed by atoms with Crippen molar-refractivity contribution in [2.75, 3.05) is 21.1 Å². The van der Waals surface area contributed by atoms with Crippen LogP contribution >= 0.6 is 0 Å². The molecule has 0 aliphatic carbocycles. The molecule has 0 amide bonds. The van der Waals surface area contributed by atoms with E-state index in [2.05, 4.69) is 10.3 Å². The summed E-state index contributed by atoms with van der Waals surface area (Å²) < 4.78 is 0. The number of hydrogen-bond acceptors (Lipinski definition) is 2. The van der Waals surface area contributed by atoms with Crippen molar-refractivity contribution in [3.05, 3.63) is 12.4 Å². The molecule has 0 saturated heterocycles. The second-order valence-corrected chi connectivity index (χ2v) is 1.83. The summed E-state index contributed by atoms with van der Waals surface area (Å²) in [6.07, 6.45) is 5.19. The molecule has 0 heterocycles. The first-order valence-electron chi connectivity index (χ1n) is 2.79. The van der Waals surface area contributed by atoms with Crippen LogP contribution in [0.15, 0.2) is 17.4 Å². The topological polar surface area (TPSA) is 27.6 Å². The van der Waals surface area contributed by atoms with E-state index in [1.165, 1.54) is 0 Å². The van der Waals surface area contributed by atoms with Crippen LogP contribution in [0.1, 0.15) is 0 Å². The van der Waals surface area contributed by atoms with Crippen LogP contribution in [0.25, 0.3) is 0 Å². The van der Waals surface area contributed by atoms with Gasteiger partial charge in [-0.1, -0.05) is 0 Å². The van der Waals surface area contributed by atoms with Crippen molar-refractivity contribution in [1.29, 1.82) is 0 Å². The summed E-state index contributed by atoms with van der Waals surface area (Å²) in [5, 5.41) is 2.83. The maximum atomic E-state index is 3.92. The van der Waals surface area contributed by atoms with Gasteiger partial charge in [0.25, 0.3) is 0 Å². The number of hydrogen-bond donors (Lipinski definition) is 1. The van der Waals surface area contributed by atoms with Crippen molar-refractivity contribution < 1.29 is 0 Å². The van der Waals surface area contributed by atoms with Crippen LogP contribution < -0.4 is 5.32 Å². The van der Waals surface area contributed by atoms with Gasteiger partial charge in [-0.25, -0.2) is 4.99 Å². The minimum Gasteiger partial charge on any atom is -0.393 e. The van der Waals surface area contributed by atoms with Gasteiger partial charge in [-0.3, -0.25) is 0 Å². The fourth-order valence-electron chi connectivity index (χ4n) is 0.289. The van der Waals surface area contributed by atoms with E-state index < -0.39 is 0 Å². The Balaban J connectivity index is 3.35. The molecule has 0 fully saturated rings. The summed E-state index contributed by atoms with van der Waals surface area (Å²) in [6, 6.07) is 0. The van der Waals surface area contributed by atoms with Crippen LogP contribution in [-0.4, -0.2) is 32.4 Å². The number of nitrogens with zero attached hydrogens (tertiary/aromatic N) is 2. The molecule has 0 aliphatic heterocycles. The molecule has 0 aromatic rings. The Morgan fingerprint density at radius 2 is 2.11 bits per heavy atom. The second-order valence-electron chi connectivity index (χ2n) is 1.83. The van der Waals surface area contributed by atoms with Gasteiger partial charge in [0.1, 0.15) is 0 Å². The van der Waals surface area contributed by atoms with E-state index in [1.54, 1.807) is 18.7 Å². The Hall–Kier alpha value is -0.990. The number of nitrogens with one attached hydrogen (secondary N) is 1. The highest BCUT2D eigenvalue weighted by atomic mass is 15.1. The second kappa shape index (κ2) is 5.15. The molecule has 1 N–H and O–H groups in total. The zero-order valence-electron chi connectivity index (χ0n) is 6.13. The predicted molar refractivity (Wildman–Crippen MR) is 40.4 cm³/mol. The lowest BCUT2D eigenvalue weighted by Crippen LogP contribution is -2.06. The average Bonchev–Trinajstić information content (AvgIpc) is 1.80. The molecule has 0 aromatic carbocycles. The van der Waals surface area contributed by atoms with Gasteiger partial charge < -0.3 is 10.2 Å². The van der Waals surface area contributed by atoms with E-state index in [0.29, 0.717) is 0 Å². The van der Waals surface area contributed by atoms with Gasteiger partial charge in [0, 0.05) is 33.5 Å². The molecule has 52 valence electrons. The van der Waals surface area contributed by atoms with Gasteiger partial charge in [0.05, 0.1) is 6.34 Å². The molecule has 0 unspecified atom stereocenters. The third kappa shape index (κ3) is 7.01. The van der Waals surface area contributed by atoms with Gasteiger partial charge in [0.2, 0.25) is 0 Å². The fraction of sp³-hybridized carbons (Fsp3) is 0.500. The van der Waals surface area contributed by atoms with Gasteiger partial charge in [-0.05, 0) is 0 Å². The maximum absolute atomic E-state index is 3.92. The smallest absolute Gasteiger partial charge is 0.0900 e. The standard InChI is InChI=1S/C6H13N3/c1-7-4-5-8-6-9(2)3/h4-7H,1-3H3/b5-4+,8-6?. The van der Waals surface area contributed by atoms with Crippen LogP contribution in [0.2, 0.25) is 0 Å². The molecular formula is C6H13N3. The lowest BCUT2D eigenvalue weighted by Gasteiger charge is -1.99. The molecule has 0 aromatic heterocycles. The predicted octanol–water partition coefficient (Wildman–Crippen LogP) is 0.267. The SMILES string of the molecule is CN/C=C/N=CN(C)C. The zero-order valence-corrected chi connectivity index (χ0v) is 6.13. The molecule has 0 rings (SSSR count). The van der Waals surface area contributed by atoms with Gasteiger partial charge in [-0.15, -0.1) is 0 Å². The van der Waals surface area contributed by atoms with Gasteiger partial charge in [-0.2, -0.15) is 0 Å². The van der Waals surface area contributed by atoms with Crippen molar-refractivity contribution in [3.8, 4) is 0 Å². The van der Waals surface area contributed by atoms with Gasteiger partial charge in [0.15, 0.2) is 0 Å². The maximum Gasteiger partial charge on any atom is 0.0900 e. The minimum atomic E-state index is 1.69. The van der Waals surface area contributed by atoms with Crippen molar-refractivity contribution in [3.63, 3.8) is 0 Å².